The number of hydrogen-bond donors (Lipinski definition) is 1. The van der Waals surface area contributed by atoms with Crippen LogP contribution in [0.4, 0.5) is 11.4 Å². The number of aryl methyl sites for hydroxylation is 1. The Morgan fingerprint density at radius 2 is 2.10 bits per heavy atom. The monoisotopic (exact) mass is 277 g/mol. The first kappa shape index (κ1) is 13.5. The van der Waals surface area contributed by atoms with Crippen LogP contribution in [0.5, 0.6) is 0 Å². The first-order chi connectivity index (χ1) is 10.2. The number of hydrogen-bond acceptors (Lipinski definition) is 3. The van der Waals surface area contributed by atoms with E-state index < -0.39 is 0 Å². The summed E-state index contributed by atoms with van der Waals surface area (Å²) in [5.41, 5.74) is 6.95. The van der Waals surface area contributed by atoms with Gasteiger partial charge in [-0.25, -0.2) is 0 Å². The van der Waals surface area contributed by atoms with Crippen molar-refractivity contribution >= 4 is 11.4 Å². The maximum absolute atomic E-state index is 8.99. The van der Waals surface area contributed by atoms with Gasteiger partial charge in [0.2, 0.25) is 0 Å². The Labute approximate surface area is 125 Å². The van der Waals surface area contributed by atoms with E-state index in [1.165, 1.54) is 16.8 Å². The Morgan fingerprint density at radius 1 is 1.24 bits per heavy atom. The summed E-state index contributed by atoms with van der Waals surface area (Å²) in [4.78, 5) is 2.30. The van der Waals surface area contributed by atoms with Gasteiger partial charge in [-0.05, 0) is 48.2 Å². The van der Waals surface area contributed by atoms with E-state index in [1.807, 2.05) is 18.2 Å². The second-order valence-corrected chi connectivity index (χ2v) is 5.63. The van der Waals surface area contributed by atoms with Crippen LogP contribution in [0.25, 0.3) is 0 Å². The lowest BCUT2D eigenvalue weighted by Crippen LogP contribution is -2.12. The van der Waals surface area contributed by atoms with Gasteiger partial charge in [0.15, 0.2) is 0 Å². The molecule has 0 spiro atoms. The van der Waals surface area contributed by atoms with Crippen molar-refractivity contribution in [2.45, 2.75) is 19.9 Å². The van der Waals surface area contributed by atoms with Crippen molar-refractivity contribution in [3.8, 4) is 6.07 Å². The highest BCUT2D eigenvalue weighted by molar-refractivity contribution is 5.59. The Bertz CT molecular complexity index is 713. The van der Waals surface area contributed by atoms with Gasteiger partial charge in [0.05, 0.1) is 11.6 Å². The van der Waals surface area contributed by atoms with Crippen molar-refractivity contribution in [2.24, 2.45) is 0 Å². The van der Waals surface area contributed by atoms with E-state index in [0.29, 0.717) is 5.56 Å². The number of benzene rings is 2. The number of likely N-dealkylation sites (N-methyl/N-ethyl adjacent to an activating group) is 1. The van der Waals surface area contributed by atoms with E-state index in [-0.39, 0.29) is 0 Å². The molecule has 0 aromatic heterocycles. The molecule has 0 fully saturated rings. The minimum Gasteiger partial charge on any atom is -0.381 e. The molecule has 1 aliphatic rings. The molecule has 0 bridgehead atoms. The van der Waals surface area contributed by atoms with Crippen LogP contribution >= 0.6 is 0 Å². The molecule has 3 nitrogen and oxygen atoms in total. The zero-order chi connectivity index (χ0) is 14.8. The number of nitrogens with one attached hydrogen (secondary N) is 1. The molecule has 0 aliphatic carbocycles. The molecular formula is C18H19N3. The highest BCUT2D eigenvalue weighted by atomic mass is 15.1. The van der Waals surface area contributed by atoms with Gasteiger partial charge in [0.25, 0.3) is 0 Å². The van der Waals surface area contributed by atoms with E-state index in [2.05, 4.69) is 48.5 Å². The fraction of sp³-hybridized carbons (Fsp3) is 0.278. The zero-order valence-corrected chi connectivity index (χ0v) is 12.5. The average Bonchev–Trinajstić information content (AvgIpc) is 2.87. The zero-order valence-electron chi connectivity index (χ0n) is 12.5. The third-order valence-corrected chi connectivity index (χ3v) is 4.12. The average molecular weight is 277 g/mol. The van der Waals surface area contributed by atoms with Gasteiger partial charge in [0, 0.05) is 31.5 Å². The molecular weight excluding hydrogens is 258 g/mol. The van der Waals surface area contributed by atoms with Gasteiger partial charge in [-0.2, -0.15) is 5.26 Å². The Hall–Kier alpha value is -2.47. The highest BCUT2D eigenvalue weighted by Gasteiger charge is 2.15. The predicted molar refractivity (Wildman–Crippen MR) is 86.6 cm³/mol. The minimum atomic E-state index is 0.693. The molecule has 0 atom stereocenters. The van der Waals surface area contributed by atoms with Crippen LogP contribution in [0.1, 0.15) is 22.3 Å². The maximum Gasteiger partial charge on any atom is 0.0992 e. The summed E-state index contributed by atoms with van der Waals surface area (Å²) in [6, 6.07) is 14.6. The molecule has 2 aromatic carbocycles. The molecule has 1 N–H and O–H groups in total. The molecule has 1 heterocycles. The van der Waals surface area contributed by atoms with Crippen molar-refractivity contribution in [1.82, 2.24) is 0 Å². The summed E-state index contributed by atoms with van der Waals surface area (Å²) in [7, 11) is 2.14. The third kappa shape index (κ3) is 2.71. The van der Waals surface area contributed by atoms with Crippen LogP contribution in [-0.2, 0) is 13.0 Å². The lowest BCUT2D eigenvalue weighted by atomic mass is 10.1. The Morgan fingerprint density at radius 3 is 2.90 bits per heavy atom. The second kappa shape index (κ2) is 5.49. The third-order valence-electron chi connectivity index (χ3n) is 4.12. The van der Waals surface area contributed by atoms with Crippen LogP contribution in [0, 0.1) is 18.3 Å². The maximum atomic E-state index is 8.99. The number of nitrogens with zero attached hydrogens (tertiary/aromatic N) is 2. The Balaban J connectivity index is 1.75. The van der Waals surface area contributed by atoms with Gasteiger partial charge in [-0.1, -0.05) is 18.2 Å². The summed E-state index contributed by atoms with van der Waals surface area (Å²) in [6.45, 7) is 3.95. The number of anilines is 2. The van der Waals surface area contributed by atoms with E-state index in [9.17, 15) is 0 Å². The van der Waals surface area contributed by atoms with Crippen LogP contribution in [0.3, 0.4) is 0 Å². The normalized spacial score (nSPS) is 12.9. The molecule has 21 heavy (non-hydrogen) atoms. The van der Waals surface area contributed by atoms with Crippen molar-refractivity contribution in [3.63, 3.8) is 0 Å². The summed E-state index contributed by atoms with van der Waals surface area (Å²) in [6.07, 6.45) is 1.13. The molecule has 0 unspecified atom stereocenters. The highest BCUT2D eigenvalue weighted by Crippen LogP contribution is 2.27. The molecule has 0 amide bonds. The SMILES string of the molecule is Cc1ccc(C#N)cc1NCc1ccc2c(c1)CCN2C. The van der Waals surface area contributed by atoms with Gasteiger partial charge < -0.3 is 10.2 Å². The summed E-state index contributed by atoms with van der Waals surface area (Å²) in [5.74, 6) is 0. The van der Waals surface area contributed by atoms with E-state index in [4.69, 9.17) is 5.26 Å². The second-order valence-electron chi connectivity index (χ2n) is 5.63. The molecule has 1 aliphatic heterocycles. The quantitative estimate of drug-likeness (QED) is 0.933. The smallest absolute Gasteiger partial charge is 0.0992 e. The first-order valence-electron chi connectivity index (χ1n) is 7.25. The standard InChI is InChI=1S/C18H19N3/c1-13-3-4-14(11-19)10-17(13)20-12-15-5-6-18-16(9-15)7-8-21(18)2/h3-6,9-10,20H,7-8,12H2,1-2H3. The molecule has 2 aromatic rings. The molecule has 106 valence electrons. The van der Waals surface area contributed by atoms with Crippen molar-refractivity contribution in [2.75, 3.05) is 23.8 Å². The fourth-order valence-electron chi connectivity index (χ4n) is 2.81. The van der Waals surface area contributed by atoms with Gasteiger partial charge >= 0.3 is 0 Å². The van der Waals surface area contributed by atoms with Crippen LogP contribution in [0.2, 0.25) is 0 Å². The van der Waals surface area contributed by atoms with Crippen molar-refractivity contribution in [3.05, 3.63) is 58.7 Å². The predicted octanol–water partition coefficient (Wildman–Crippen LogP) is 3.47. The fourth-order valence-corrected chi connectivity index (χ4v) is 2.81. The minimum absolute atomic E-state index is 0.693. The Kier molecular flexibility index (Phi) is 3.53. The van der Waals surface area contributed by atoms with Gasteiger partial charge in [-0.15, -0.1) is 0 Å². The van der Waals surface area contributed by atoms with Crippen LogP contribution in [-0.4, -0.2) is 13.6 Å². The van der Waals surface area contributed by atoms with E-state index >= 15 is 0 Å². The number of rotatable bonds is 3. The molecule has 3 heteroatoms. The molecule has 0 saturated carbocycles. The largest absolute Gasteiger partial charge is 0.381 e. The summed E-state index contributed by atoms with van der Waals surface area (Å²) in [5, 5.41) is 12.4. The summed E-state index contributed by atoms with van der Waals surface area (Å²) < 4.78 is 0. The van der Waals surface area contributed by atoms with E-state index in [1.54, 1.807) is 0 Å². The van der Waals surface area contributed by atoms with Crippen LogP contribution < -0.4 is 10.2 Å². The lowest BCUT2D eigenvalue weighted by Gasteiger charge is -2.13. The topological polar surface area (TPSA) is 39.1 Å². The van der Waals surface area contributed by atoms with Gasteiger partial charge in [-0.3, -0.25) is 0 Å². The molecule has 3 rings (SSSR count). The van der Waals surface area contributed by atoms with Crippen molar-refractivity contribution < 1.29 is 0 Å². The summed E-state index contributed by atoms with van der Waals surface area (Å²) >= 11 is 0. The number of nitriles is 1. The van der Waals surface area contributed by atoms with Crippen molar-refractivity contribution in [1.29, 1.82) is 5.26 Å². The number of fused-ring (bicyclic) bond motifs is 1. The lowest BCUT2D eigenvalue weighted by molar-refractivity contribution is 0.955. The molecule has 0 radical (unpaired) electrons. The first-order valence-corrected chi connectivity index (χ1v) is 7.25. The van der Waals surface area contributed by atoms with Crippen LogP contribution in [0.15, 0.2) is 36.4 Å². The van der Waals surface area contributed by atoms with E-state index in [0.717, 1.165) is 30.8 Å². The molecule has 0 saturated heterocycles. The van der Waals surface area contributed by atoms with Gasteiger partial charge in [0.1, 0.15) is 0 Å².